The second-order valence-corrected chi connectivity index (χ2v) is 13.3. The van der Waals surface area contributed by atoms with Crippen LogP contribution in [-0.4, -0.2) is 47.5 Å². The Morgan fingerprint density at radius 1 is 1.21 bits per heavy atom. The van der Waals surface area contributed by atoms with Crippen LogP contribution in [0, 0.1) is 5.92 Å². The molecule has 0 atom stereocenters. The first-order valence-corrected chi connectivity index (χ1v) is 14.9. The summed E-state index contributed by atoms with van der Waals surface area (Å²) in [5.74, 6) is -1.24. The molecule has 3 aromatic rings. The molecule has 1 N–H and O–H groups in total. The minimum atomic E-state index is -3.30. The van der Waals surface area contributed by atoms with Gasteiger partial charge in [0.05, 0.1) is 22.4 Å². The number of hydrogen-bond acceptors (Lipinski definition) is 8. The van der Waals surface area contributed by atoms with Crippen molar-refractivity contribution in [2.45, 2.75) is 56.7 Å². The monoisotopic (exact) mass is 577 g/mol. The number of thiazole rings is 1. The van der Waals surface area contributed by atoms with Crippen molar-refractivity contribution in [3.63, 3.8) is 0 Å². The van der Waals surface area contributed by atoms with Crippen LogP contribution in [0.25, 0.3) is 0 Å². The van der Waals surface area contributed by atoms with Gasteiger partial charge in [-0.3, -0.25) is 19.7 Å². The van der Waals surface area contributed by atoms with Crippen molar-refractivity contribution in [2.24, 2.45) is 5.92 Å². The number of aromatic nitrogens is 2. The summed E-state index contributed by atoms with van der Waals surface area (Å²) in [6.45, 7) is 5.26. The first-order chi connectivity index (χ1) is 18.0. The summed E-state index contributed by atoms with van der Waals surface area (Å²) in [5.41, 5.74) is 1.92. The zero-order valence-corrected chi connectivity index (χ0v) is 23.6. The molecule has 2 heterocycles. The van der Waals surface area contributed by atoms with Crippen molar-refractivity contribution in [1.82, 2.24) is 9.55 Å². The fraction of sp³-hybridized carbons (Fsp3) is 0.385. The van der Waals surface area contributed by atoms with Crippen molar-refractivity contribution in [2.75, 3.05) is 11.9 Å². The van der Waals surface area contributed by atoms with Crippen LogP contribution in [0.15, 0.2) is 41.4 Å². The van der Waals surface area contributed by atoms with E-state index in [2.05, 4.69) is 10.3 Å². The lowest BCUT2D eigenvalue weighted by atomic mass is 10.0. The summed E-state index contributed by atoms with van der Waals surface area (Å²) >= 11 is 7.33. The number of nitrogens with one attached hydrogen (secondary N) is 1. The van der Waals surface area contributed by atoms with Gasteiger partial charge in [-0.15, -0.1) is 0 Å². The van der Waals surface area contributed by atoms with E-state index in [1.54, 1.807) is 54.9 Å². The SMILES string of the molecule is CC(=O)OCCc1nc(NC(=O)c2cc(C(=O)C(C)C)cn2Cc2ccc(S(=O)(=O)C3CC3)cc2)sc1Cl. The Morgan fingerprint density at radius 3 is 2.50 bits per heavy atom. The van der Waals surface area contributed by atoms with Crippen molar-refractivity contribution in [3.05, 3.63) is 63.4 Å². The lowest BCUT2D eigenvalue weighted by Crippen LogP contribution is -2.17. The van der Waals surface area contributed by atoms with E-state index < -0.39 is 21.7 Å². The Kier molecular flexibility index (Phi) is 8.39. The molecule has 9 nitrogen and oxygen atoms in total. The average Bonchev–Trinajstić information content (AvgIpc) is 3.56. The highest BCUT2D eigenvalue weighted by Gasteiger charge is 2.36. The van der Waals surface area contributed by atoms with Crippen LogP contribution in [0.4, 0.5) is 5.13 Å². The number of sulfone groups is 1. The van der Waals surface area contributed by atoms with Crippen LogP contribution in [0.1, 0.15) is 65.7 Å². The van der Waals surface area contributed by atoms with E-state index in [1.807, 2.05) is 0 Å². The Bertz CT molecular complexity index is 1470. The van der Waals surface area contributed by atoms with Gasteiger partial charge in [0.25, 0.3) is 5.91 Å². The Morgan fingerprint density at radius 2 is 1.89 bits per heavy atom. The highest BCUT2D eigenvalue weighted by molar-refractivity contribution is 7.92. The third-order valence-corrected chi connectivity index (χ3v) is 9.55. The minimum absolute atomic E-state index is 0.103. The lowest BCUT2D eigenvalue weighted by molar-refractivity contribution is -0.140. The van der Waals surface area contributed by atoms with Crippen molar-refractivity contribution < 1.29 is 27.5 Å². The predicted octanol–water partition coefficient (Wildman–Crippen LogP) is 4.78. The lowest BCUT2D eigenvalue weighted by Gasteiger charge is -2.10. The van der Waals surface area contributed by atoms with E-state index in [0.717, 1.165) is 16.9 Å². The highest BCUT2D eigenvalue weighted by Crippen LogP contribution is 2.33. The van der Waals surface area contributed by atoms with Gasteiger partial charge in [-0.1, -0.05) is 48.9 Å². The maximum Gasteiger partial charge on any atom is 0.302 e. The van der Waals surface area contributed by atoms with Gasteiger partial charge >= 0.3 is 5.97 Å². The molecule has 202 valence electrons. The maximum absolute atomic E-state index is 13.3. The van der Waals surface area contributed by atoms with Gasteiger partial charge < -0.3 is 9.30 Å². The Balaban J connectivity index is 1.55. The second kappa shape index (κ2) is 11.4. The fourth-order valence-corrected chi connectivity index (χ4v) is 6.59. The summed E-state index contributed by atoms with van der Waals surface area (Å²) in [4.78, 5) is 41.6. The molecule has 1 aliphatic rings. The van der Waals surface area contributed by atoms with E-state index in [0.29, 0.717) is 34.9 Å². The van der Waals surface area contributed by atoms with E-state index in [1.165, 1.54) is 6.92 Å². The zero-order valence-electron chi connectivity index (χ0n) is 21.2. The third-order valence-electron chi connectivity index (χ3n) is 6.02. The molecule has 1 fully saturated rings. The molecule has 1 saturated carbocycles. The third kappa shape index (κ3) is 6.51. The normalized spacial score (nSPS) is 13.5. The molecule has 0 aliphatic heterocycles. The number of amides is 1. The molecular weight excluding hydrogens is 550 g/mol. The van der Waals surface area contributed by atoms with Crippen LogP contribution in [0.3, 0.4) is 0 Å². The summed E-state index contributed by atoms with van der Waals surface area (Å²) in [6.07, 6.45) is 3.32. The summed E-state index contributed by atoms with van der Waals surface area (Å²) < 4.78 is 32.0. The Hall–Kier alpha value is -3.02. The number of Topliss-reactive ketones (excluding diaryl/α,β-unsaturated/α-hetero) is 1. The van der Waals surface area contributed by atoms with Gasteiger partial charge in [0.2, 0.25) is 0 Å². The van der Waals surface area contributed by atoms with E-state index in [-0.39, 0.29) is 45.8 Å². The fourth-order valence-electron chi connectivity index (χ4n) is 3.85. The number of halogens is 1. The molecule has 0 unspecified atom stereocenters. The second-order valence-electron chi connectivity index (χ2n) is 9.43. The van der Waals surface area contributed by atoms with Crippen molar-refractivity contribution >= 4 is 55.6 Å². The first-order valence-electron chi connectivity index (χ1n) is 12.1. The number of ether oxygens (including phenoxy) is 1. The molecule has 0 radical (unpaired) electrons. The Labute approximate surface area is 230 Å². The van der Waals surface area contributed by atoms with Gasteiger partial charge in [-0.25, -0.2) is 13.4 Å². The van der Waals surface area contributed by atoms with Crippen LogP contribution in [0.5, 0.6) is 0 Å². The molecule has 4 rings (SSSR count). The van der Waals surface area contributed by atoms with Gasteiger partial charge in [0.15, 0.2) is 20.8 Å². The number of benzene rings is 1. The van der Waals surface area contributed by atoms with Crippen molar-refractivity contribution in [1.29, 1.82) is 0 Å². The molecule has 38 heavy (non-hydrogen) atoms. The van der Waals surface area contributed by atoms with Crippen LogP contribution < -0.4 is 5.32 Å². The van der Waals surface area contributed by atoms with Crippen molar-refractivity contribution in [3.8, 4) is 0 Å². The zero-order chi connectivity index (χ0) is 27.6. The summed E-state index contributed by atoms with van der Waals surface area (Å²) in [6, 6.07) is 8.15. The van der Waals surface area contributed by atoms with Gasteiger partial charge in [0, 0.05) is 37.6 Å². The highest BCUT2D eigenvalue weighted by atomic mass is 35.5. The topological polar surface area (TPSA) is 124 Å². The number of carbonyl (C=O) groups is 3. The summed E-state index contributed by atoms with van der Waals surface area (Å²) in [7, 11) is -3.30. The minimum Gasteiger partial charge on any atom is -0.465 e. The predicted molar refractivity (Wildman–Crippen MR) is 145 cm³/mol. The maximum atomic E-state index is 13.3. The molecular formula is C26H28ClN3O6S2. The summed E-state index contributed by atoms with van der Waals surface area (Å²) in [5, 5.41) is 2.72. The van der Waals surface area contributed by atoms with E-state index in [9.17, 15) is 22.8 Å². The number of nitrogens with zero attached hydrogens (tertiary/aromatic N) is 2. The first kappa shape index (κ1) is 28.0. The van der Waals surface area contributed by atoms with E-state index >= 15 is 0 Å². The quantitative estimate of drug-likeness (QED) is 0.257. The molecule has 2 aromatic heterocycles. The molecule has 0 bridgehead atoms. The van der Waals surface area contributed by atoms with Crippen LogP contribution >= 0.6 is 22.9 Å². The smallest absolute Gasteiger partial charge is 0.302 e. The molecule has 1 amide bonds. The molecule has 0 spiro atoms. The number of ketones is 1. The van der Waals surface area contributed by atoms with Crippen LogP contribution in [0.2, 0.25) is 4.34 Å². The number of esters is 1. The van der Waals surface area contributed by atoms with Gasteiger partial charge in [-0.05, 0) is 36.6 Å². The van der Waals surface area contributed by atoms with Gasteiger partial charge in [-0.2, -0.15) is 0 Å². The van der Waals surface area contributed by atoms with Gasteiger partial charge in [0.1, 0.15) is 10.0 Å². The molecule has 0 saturated heterocycles. The number of anilines is 1. The molecule has 1 aliphatic carbocycles. The number of hydrogen-bond donors (Lipinski definition) is 1. The van der Waals surface area contributed by atoms with Crippen LogP contribution in [-0.2, 0) is 32.3 Å². The van der Waals surface area contributed by atoms with E-state index in [4.69, 9.17) is 16.3 Å². The number of rotatable bonds is 11. The average molecular weight is 578 g/mol. The molecule has 12 heteroatoms. The molecule has 1 aromatic carbocycles. The largest absolute Gasteiger partial charge is 0.465 e. The standard InChI is InChI=1S/C26H28ClN3O6S2/c1-15(2)23(32)18-12-22(25(33)29-26-28-21(24(27)37-26)10-11-36-16(3)31)30(14-18)13-17-4-6-19(7-5-17)38(34,35)20-8-9-20/h4-7,12,14-15,20H,8-11,13H2,1-3H3,(H,28,29,33). The number of carbonyl (C=O) groups excluding carboxylic acids is 3.